The second-order valence-electron chi connectivity index (χ2n) is 2.41. The zero-order chi connectivity index (χ0) is 8.65. The van der Waals surface area contributed by atoms with Crippen molar-refractivity contribution in [2.75, 3.05) is 25.7 Å². The maximum Gasteiger partial charge on any atom is 0.0605 e. The van der Waals surface area contributed by atoms with E-state index in [9.17, 15) is 0 Å². The number of ether oxygens (including phenoxy) is 1. The number of rotatable bonds is 5. The third-order valence-corrected chi connectivity index (χ3v) is 1.44. The fraction of sp³-hybridized carbons (Fsp3) is 0.333. The minimum absolute atomic E-state index is 0.708. The van der Waals surface area contributed by atoms with E-state index in [1.54, 1.807) is 7.11 Å². The van der Waals surface area contributed by atoms with E-state index in [1.807, 2.05) is 30.3 Å². The third kappa shape index (κ3) is 3.37. The summed E-state index contributed by atoms with van der Waals surface area (Å²) in [6, 6.07) is 9.96. The number of hydrazine groups is 1. The molecule has 0 saturated heterocycles. The molecule has 0 radical (unpaired) electrons. The molecule has 0 saturated carbocycles. The Morgan fingerprint density at radius 1 is 1.25 bits per heavy atom. The van der Waals surface area contributed by atoms with E-state index in [0.29, 0.717) is 6.61 Å². The highest BCUT2D eigenvalue weighted by atomic mass is 16.5. The van der Waals surface area contributed by atoms with Crippen molar-refractivity contribution in [1.29, 1.82) is 0 Å². The maximum absolute atomic E-state index is 4.88. The second-order valence-corrected chi connectivity index (χ2v) is 2.41. The molecule has 0 atom stereocenters. The highest BCUT2D eigenvalue weighted by Gasteiger charge is 1.86. The van der Waals surface area contributed by atoms with Gasteiger partial charge in [-0.05, 0) is 12.1 Å². The molecule has 0 spiro atoms. The molecule has 0 aliphatic heterocycles. The van der Waals surface area contributed by atoms with Gasteiger partial charge < -0.3 is 10.2 Å². The summed E-state index contributed by atoms with van der Waals surface area (Å²) in [5, 5.41) is 0. The summed E-state index contributed by atoms with van der Waals surface area (Å²) in [7, 11) is 1.68. The molecule has 0 fully saturated rings. The smallest absolute Gasteiger partial charge is 0.0605 e. The lowest BCUT2D eigenvalue weighted by molar-refractivity contribution is 0.201. The number of hydrogen-bond acceptors (Lipinski definition) is 3. The van der Waals surface area contributed by atoms with Gasteiger partial charge in [-0.2, -0.15) is 0 Å². The first kappa shape index (κ1) is 9.03. The van der Waals surface area contributed by atoms with Crippen LogP contribution >= 0.6 is 0 Å². The van der Waals surface area contributed by atoms with Crippen LogP contribution in [0.3, 0.4) is 0 Å². The summed E-state index contributed by atoms with van der Waals surface area (Å²) in [6.45, 7) is 1.51. The number of methoxy groups -OCH3 is 1. The third-order valence-electron chi connectivity index (χ3n) is 1.44. The van der Waals surface area contributed by atoms with Gasteiger partial charge >= 0.3 is 0 Å². The number of para-hydroxylation sites is 1. The van der Waals surface area contributed by atoms with Crippen molar-refractivity contribution in [3.63, 3.8) is 0 Å². The van der Waals surface area contributed by atoms with Crippen LogP contribution in [0.25, 0.3) is 0 Å². The summed E-state index contributed by atoms with van der Waals surface area (Å²) in [4.78, 5) is 0. The van der Waals surface area contributed by atoms with Crippen molar-refractivity contribution in [2.24, 2.45) is 0 Å². The fourth-order valence-corrected chi connectivity index (χ4v) is 0.839. The summed E-state index contributed by atoms with van der Waals surface area (Å²) in [6.07, 6.45) is 0. The van der Waals surface area contributed by atoms with Gasteiger partial charge in [0.25, 0.3) is 0 Å². The van der Waals surface area contributed by atoms with Gasteiger partial charge in [0.15, 0.2) is 0 Å². The molecular weight excluding hydrogens is 152 g/mol. The van der Waals surface area contributed by atoms with Gasteiger partial charge in [-0.3, -0.25) is 0 Å². The zero-order valence-corrected chi connectivity index (χ0v) is 7.21. The minimum Gasteiger partial charge on any atom is -0.383 e. The quantitative estimate of drug-likeness (QED) is 0.510. The largest absolute Gasteiger partial charge is 0.383 e. The molecule has 1 aromatic carbocycles. The molecule has 3 heteroatoms. The Hall–Kier alpha value is -1.06. The SMILES string of the molecule is COCCNNc1ccccc1. The van der Waals surface area contributed by atoms with Gasteiger partial charge in [-0.15, -0.1) is 0 Å². The van der Waals surface area contributed by atoms with Crippen LogP contribution in [-0.4, -0.2) is 20.3 Å². The minimum atomic E-state index is 0.708. The monoisotopic (exact) mass is 166 g/mol. The maximum atomic E-state index is 4.88. The van der Waals surface area contributed by atoms with E-state index in [1.165, 1.54) is 0 Å². The number of hydrogen-bond donors (Lipinski definition) is 2. The van der Waals surface area contributed by atoms with Crippen molar-refractivity contribution < 1.29 is 4.74 Å². The highest BCUT2D eigenvalue weighted by Crippen LogP contribution is 2.01. The van der Waals surface area contributed by atoms with Gasteiger partial charge in [0, 0.05) is 19.3 Å². The van der Waals surface area contributed by atoms with Crippen molar-refractivity contribution >= 4 is 5.69 Å². The Morgan fingerprint density at radius 3 is 2.67 bits per heavy atom. The van der Waals surface area contributed by atoms with Gasteiger partial charge in [0.05, 0.1) is 6.61 Å². The molecule has 0 aromatic heterocycles. The standard InChI is InChI=1S/C9H14N2O/c1-12-8-7-10-11-9-5-3-2-4-6-9/h2-6,10-11H,7-8H2,1H3. The first-order valence-corrected chi connectivity index (χ1v) is 3.96. The van der Waals surface area contributed by atoms with Crippen molar-refractivity contribution in [1.82, 2.24) is 5.43 Å². The average Bonchev–Trinajstić information content (AvgIpc) is 2.14. The van der Waals surface area contributed by atoms with Crippen LogP contribution in [0.15, 0.2) is 30.3 Å². The van der Waals surface area contributed by atoms with E-state index >= 15 is 0 Å². The van der Waals surface area contributed by atoms with Crippen LogP contribution in [0.4, 0.5) is 5.69 Å². The van der Waals surface area contributed by atoms with Crippen molar-refractivity contribution in [3.8, 4) is 0 Å². The zero-order valence-electron chi connectivity index (χ0n) is 7.21. The lowest BCUT2D eigenvalue weighted by Gasteiger charge is -2.06. The van der Waals surface area contributed by atoms with Crippen LogP contribution < -0.4 is 10.9 Å². The molecule has 0 heterocycles. The van der Waals surface area contributed by atoms with E-state index in [0.717, 1.165) is 12.2 Å². The molecular formula is C9H14N2O. The molecule has 66 valence electrons. The summed E-state index contributed by atoms with van der Waals surface area (Å²) >= 11 is 0. The Balaban J connectivity index is 2.16. The molecule has 12 heavy (non-hydrogen) atoms. The Labute approximate surface area is 72.7 Å². The lowest BCUT2D eigenvalue weighted by atomic mass is 10.3. The van der Waals surface area contributed by atoms with Gasteiger partial charge in [0.2, 0.25) is 0 Å². The predicted octanol–water partition coefficient (Wildman–Crippen LogP) is 1.25. The summed E-state index contributed by atoms with van der Waals surface area (Å²) in [5.74, 6) is 0. The average molecular weight is 166 g/mol. The fourth-order valence-electron chi connectivity index (χ4n) is 0.839. The molecule has 1 aromatic rings. The van der Waals surface area contributed by atoms with E-state index in [-0.39, 0.29) is 0 Å². The van der Waals surface area contributed by atoms with Crippen LogP contribution in [0.2, 0.25) is 0 Å². The molecule has 0 aliphatic rings. The first-order chi connectivity index (χ1) is 5.93. The molecule has 0 bridgehead atoms. The van der Waals surface area contributed by atoms with Crippen LogP contribution in [0, 0.1) is 0 Å². The summed E-state index contributed by atoms with van der Waals surface area (Å²) < 4.78 is 4.88. The molecule has 2 N–H and O–H groups in total. The van der Waals surface area contributed by atoms with E-state index in [4.69, 9.17) is 4.74 Å². The van der Waals surface area contributed by atoms with Crippen molar-refractivity contribution in [3.05, 3.63) is 30.3 Å². The number of nitrogens with one attached hydrogen (secondary N) is 2. The van der Waals surface area contributed by atoms with Crippen LogP contribution in [0.5, 0.6) is 0 Å². The van der Waals surface area contributed by atoms with Crippen LogP contribution in [0.1, 0.15) is 0 Å². The van der Waals surface area contributed by atoms with Crippen LogP contribution in [-0.2, 0) is 4.74 Å². The Kier molecular flexibility index (Phi) is 4.19. The van der Waals surface area contributed by atoms with Gasteiger partial charge in [0.1, 0.15) is 0 Å². The molecule has 1 rings (SSSR count). The van der Waals surface area contributed by atoms with Gasteiger partial charge in [-0.1, -0.05) is 18.2 Å². The number of anilines is 1. The lowest BCUT2D eigenvalue weighted by Crippen LogP contribution is -2.25. The second kappa shape index (κ2) is 5.57. The molecule has 0 unspecified atom stereocenters. The first-order valence-electron chi connectivity index (χ1n) is 3.96. The molecule has 0 amide bonds. The van der Waals surface area contributed by atoms with Gasteiger partial charge in [-0.25, -0.2) is 5.43 Å². The Bertz CT molecular complexity index is 201. The van der Waals surface area contributed by atoms with Crippen molar-refractivity contribution in [2.45, 2.75) is 0 Å². The predicted molar refractivity (Wildman–Crippen MR) is 49.9 cm³/mol. The highest BCUT2D eigenvalue weighted by molar-refractivity contribution is 5.41. The topological polar surface area (TPSA) is 33.3 Å². The molecule has 0 aliphatic carbocycles. The Morgan fingerprint density at radius 2 is 2.00 bits per heavy atom. The molecule has 3 nitrogen and oxygen atoms in total. The van der Waals surface area contributed by atoms with E-state index < -0.39 is 0 Å². The summed E-state index contributed by atoms with van der Waals surface area (Å²) in [5.41, 5.74) is 7.14. The number of benzene rings is 1. The van der Waals surface area contributed by atoms with E-state index in [2.05, 4.69) is 10.9 Å². The normalized spacial score (nSPS) is 9.75.